The van der Waals surface area contributed by atoms with Gasteiger partial charge in [0.1, 0.15) is 0 Å². The number of carboxylic acid groups (broad SMARTS) is 1. The van der Waals surface area contributed by atoms with E-state index in [9.17, 15) is 18.0 Å². The molecule has 2 aliphatic rings. The van der Waals surface area contributed by atoms with E-state index in [1.54, 1.807) is 11.3 Å². The predicted molar refractivity (Wildman–Crippen MR) is 113 cm³/mol. The number of imidazole rings is 1. The van der Waals surface area contributed by atoms with Gasteiger partial charge in [0.2, 0.25) is 5.91 Å². The number of aliphatic carboxylic acids is 1. The molecule has 1 amide bonds. The molecule has 0 aromatic carbocycles. The van der Waals surface area contributed by atoms with Crippen molar-refractivity contribution in [3.8, 4) is 0 Å². The second kappa shape index (κ2) is 10.0. The Hall–Kier alpha value is -2.40. The van der Waals surface area contributed by atoms with Crippen LogP contribution in [0.5, 0.6) is 0 Å². The van der Waals surface area contributed by atoms with Crippen molar-refractivity contribution in [2.45, 2.75) is 44.9 Å². The van der Waals surface area contributed by atoms with Crippen LogP contribution < -0.4 is 0 Å². The van der Waals surface area contributed by atoms with E-state index in [1.807, 2.05) is 17.9 Å². The summed E-state index contributed by atoms with van der Waals surface area (Å²) in [5.41, 5.74) is 3.50. The first kappa shape index (κ1) is 24.2. The highest BCUT2D eigenvalue weighted by atomic mass is 32.1. The lowest BCUT2D eigenvalue weighted by atomic mass is 9.93. The van der Waals surface area contributed by atoms with E-state index in [-0.39, 0.29) is 11.8 Å². The Kier molecular flexibility index (Phi) is 7.60. The number of amides is 1. The topological polar surface area (TPSA) is 78.7 Å². The van der Waals surface area contributed by atoms with Gasteiger partial charge >= 0.3 is 12.1 Å². The minimum atomic E-state index is -5.08. The van der Waals surface area contributed by atoms with Gasteiger partial charge < -0.3 is 14.6 Å². The summed E-state index contributed by atoms with van der Waals surface area (Å²) in [7, 11) is 2.01. The van der Waals surface area contributed by atoms with Gasteiger partial charge in [0.05, 0.1) is 23.6 Å². The van der Waals surface area contributed by atoms with E-state index in [0.717, 1.165) is 62.9 Å². The number of halogens is 3. The summed E-state index contributed by atoms with van der Waals surface area (Å²) in [6.45, 7) is 6.58. The summed E-state index contributed by atoms with van der Waals surface area (Å²) in [4.78, 5) is 31.2. The molecule has 4 heterocycles. The molecule has 7 nitrogen and oxygen atoms in total. The average molecular weight is 473 g/mol. The molecule has 2 aliphatic heterocycles. The molecule has 4 rings (SSSR count). The smallest absolute Gasteiger partial charge is 0.475 e. The van der Waals surface area contributed by atoms with Crippen molar-refractivity contribution < 1.29 is 27.9 Å². The number of fused-ring (bicyclic) bond motifs is 1. The Morgan fingerprint density at radius 1 is 1.28 bits per heavy atom. The first-order valence-corrected chi connectivity index (χ1v) is 11.3. The highest BCUT2D eigenvalue weighted by molar-refractivity contribution is 7.07. The molecule has 1 atom stereocenters. The van der Waals surface area contributed by atoms with E-state index < -0.39 is 12.1 Å². The van der Waals surface area contributed by atoms with Crippen LogP contribution in [0.15, 0.2) is 23.2 Å². The molecule has 1 unspecified atom stereocenters. The SMILES string of the molecule is CC1CCN(C(=O)C2CN(Cc3ccsc3)Cc3ncn(C)c32)CC1.O=C(O)C(F)(F)F. The molecule has 0 saturated carbocycles. The largest absolute Gasteiger partial charge is 0.490 e. The zero-order valence-corrected chi connectivity index (χ0v) is 18.8. The Balaban J connectivity index is 0.000000360. The number of rotatable bonds is 3. The number of piperidine rings is 1. The highest BCUT2D eigenvalue weighted by Crippen LogP contribution is 2.31. The monoisotopic (exact) mass is 472 g/mol. The van der Waals surface area contributed by atoms with E-state index in [0.29, 0.717) is 0 Å². The first-order valence-electron chi connectivity index (χ1n) is 10.4. The summed E-state index contributed by atoms with van der Waals surface area (Å²) < 4.78 is 33.8. The number of hydrogen-bond donors (Lipinski definition) is 1. The van der Waals surface area contributed by atoms with Crippen LogP contribution in [0.2, 0.25) is 0 Å². The minimum Gasteiger partial charge on any atom is -0.475 e. The van der Waals surface area contributed by atoms with E-state index in [4.69, 9.17) is 9.90 Å². The van der Waals surface area contributed by atoms with Crippen LogP contribution >= 0.6 is 11.3 Å². The lowest BCUT2D eigenvalue weighted by Crippen LogP contribution is -2.46. The molecule has 0 radical (unpaired) electrons. The van der Waals surface area contributed by atoms with Gasteiger partial charge in [-0.1, -0.05) is 6.92 Å². The molecule has 32 heavy (non-hydrogen) atoms. The second-order valence-corrected chi connectivity index (χ2v) is 9.13. The van der Waals surface area contributed by atoms with Gasteiger partial charge in [-0.05, 0) is 41.1 Å². The Labute approximate surface area is 188 Å². The molecule has 0 spiro atoms. The summed E-state index contributed by atoms with van der Waals surface area (Å²) in [6, 6.07) is 2.17. The Morgan fingerprint density at radius 3 is 2.50 bits per heavy atom. The van der Waals surface area contributed by atoms with Gasteiger partial charge in [0.25, 0.3) is 0 Å². The fraction of sp³-hybridized carbons (Fsp3) is 0.571. The van der Waals surface area contributed by atoms with Crippen molar-refractivity contribution in [3.63, 3.8) is 0 Å². The Morgan fingerprint density at radius 2 is 1.94 bits per heavy atom. The van der Waals surface area contributed by atoms with Crippen LogP contribution in [0.25, 0.3) is 0 Å². The molecule has 0 aliphatic carbocycles. The van der Waals surface area contributed by atoms with Gasteiger partial charge in [0, 0.05) is 39.8 Å². The Bertz CT molecular complexity index is 921. The highest BCUT2D eigenvalue weighted by Gasteiger charge is 2.38. The molecule has 0 bridgehead atoms. The number of thiophene rings is 1. The van der Waals surface area contributed by atoms with Crippen molar-refractivity contribution in [1.29, 1.82) is 0 Å². The number of hydrogen-bond acceptors (Lipinski definition) is 5. The van der Waals surface area contributed by atoms with Crippen LogP contribution in [0, 0.1) is 5.92 Å². The zero-order chi connectivity index (χ0) is 23.5. The average Bonchev–Trinajstić information content (AvgIpc) is 3.37. The maximum Gasteiger partial charge on any atom is 0.490 e. The van der Waals surface area contributed by atoms with Crippen LogP contribution in [0.1, 0.15) is 42.6 Å². The van der Waals surface area contributed by atoms with E-state index in [1.165, 1.54) is 5.56 Å². The van der Waals surface area contributed by atoms with Crippen LogP contribution in [-0.4, -0.2) is 62.1 Å². The normalized spacial score (nSPS) is 19.8. The standard InChI is InChI=1S/C19H26N4OS.C2HF3O2/c1-14-3-6-23(7-4-14)19(24)16-10-22(9-15-5-8-25-12-15)11-17-18(16)21(2)13-20-17;3-2(4,5)1(6)7/h5,8,12-14,16H,3-4,6-7,9-11H2,1-2H3;(H,6,7). The maximum absolute atomic E-state index is 13.3. The fourth-order valence-corrected chi connectivity index (χ4v) is 4.74. The van der Waals surface area contributed by atoms with Gasteiger partial charge in [0.15, 0.2) is 0 Å². The van der Waals surface area contributed by atoms with Crippen molar-refractivity contribution in [2.75, 3.05) is 19.6 Å². The number of carbonyl (C=O) groups excluding carboxylic acids is 1. The quantitative estimate of drug-likeness (QED) is 0.740. The second-order valence-electron chi connectivity index (χ2n) is 8.35. The molecule has 11 heteroatoms. The summed E-state index contributed by atoms with van der Waals surface area (Å²) in [5.74, 6) is -1.83. The maximum atomic E-state index is 13.3. The van der Waals surface area contributed by atoms with Gasteiger partial charge in [-0.3, -0.25) is 9.69 Å². The van der Waals surface area contributed by atoms with Gasteiger partial charge in [-0.25, -0.2) is 9.78 Å². The van der Waals surface area contributed by atoms with Crippen LogP contribution in [0.4, 0.5) is 13.2 Å². The van der Waals surface area contributed by atoms with Crippen molar-refractivity contribution >= 4 is 23.2 Å². The first-order chi connectivity index (χ1) is 15.1. The van der Waals surface area contributed by atoms with E-state index >= 15 is 0 Å². The molecular weight excluding hydrogens is 445 g/mol. The number of carboxylic acids is 1. The fourth-order valence-electron chi connectivity index (χ4n) is 4.08. The van der Waals surface area contributed by atoms with Gasteiger partial charge in [-0.2, -0.15) is 24.5 Å². The summed E-state index contributed by atoms with van der Waals surface area (Å²) in [5, 5.41) is 11.4. The third-order valence-corrected chi connectivity index (χ3v) is 6.56. The van der Waals surface area contributed by atoms with Crippen molar-refractivity contribution in [1.82, 2.24) is 19.4 Å². The summed E-state index contributed by atoms with van der Waals surface area (Å²) in [6.07, 6.45) is -0.984. The number of aryl methyl sites for hydroxylation is 1. The summed E-state index contributed by atoms with van der Waals surface area (Å²) >= 11 is 1.73. The molecular formula is C21H27F3N4O3S. The number of likely N-dealkylation sites (tertiary alicyclic amines) is 1. The van der Waals surface area contributed by atoms with Crippen molar-refractivity contribution in [3.05, 3.63) is 40.1 Å². The third kappa shape index (κ3) is 5.89. The molecule has 2 aromatic heterocycles. The van der Waals surface area contributed by atoms with Gasteiger partial charge in [-0.15, -0.1) is 0 Å². The lowest BCUT2D eigenvalue weighted by molar-refractivity contribution is -0.192. The zero-order valence-electron chi connectivity index (χ0n) is 18.0. The third-order valence-electron chi connectivity index (χ3n) is 5.83. The lowest BCUT2D eigenvalue weighted by Gasteiger charge is -2.37. The predicted octanol–water partition coefficient (Wildman–Crippen LogP) is 3.47. The minimum absolute atomic E-state index is 0.0942. The van der Waals surface area contributed by atoms with Crippen LogP contribution in [-0.2, 0) is 29.7 Å². The molecule has 2 aromatic rings. The molecule has 1 N–H and O–H groups in total. The molecule has 1 fully saturated rings. The van der Waals surface area contributed by atoms with Crippen LogP contribution in [0.3, 0.4) is 0 Å². The molecule has 176 valence electrons. The molecule has 1 saturated heterocycles. The van der Waals surface area contributed by atoms with Crippen molar-refractivity contribution in [2.24, 2.45) is 13.0 Å². The number of alkyl halides is 3. The van der Waals surface area contributed by atoms with E-state index in [2.05, 4.69) is 38.5 Å². The number of nitrogens with zero attached hydrogens (tertiary/aromatic N) is 4. The number of carbonyl (C=O) groups is 2. The number of aromatic nitrogens is 2.